The van der Waals surface area contributed by atoms with Crippen LogP contribution in [0.3, 0.4) is 0 Å². The van der Waals surface area contributed by atoms with Gasteiger partial charge in [0, 0.05) is 16.8 Å². The number of nitrogens with one attached hydrogen (secondary N) is 1. The molecule has 1 aromatic carbocycles. The van der Waals surface area contributed by atoms with Crippen molar-refractivity contribution in [2.75, 3.05) is 4.90 Å². The van der Waals surface area contributed by atoms with Crippen LogP contribution in [0.2, 0.25) is 5.02 Å². The van der Waals surface area contributed by atoms with Crippen molar-refractivity contribution in [2.24, 2.45) is 0 Å². The predicted molar refractivity (Wildman–Crippen MR) is 90.9 cm³/mol. The highest BCUT2D eigenvalue weighted by Crippen LogP contribution is 2.36. The summed E-state index contributed by atoms with van der Waals surface area (Å²) in [6.07, 6.45) is 0.108. The van der Waals surface area contributed by atoms with Crippen molar-refractivity contribution in [1.82, 2.24) is 5.32 Å². The maximum Gasteiger partial charge on any atom is 0.408 e. The van der Waals surface area contributed by atoms with Crippen LogP contribution in [0.15, 0.2) is 18.2 Å². The Morgan fingerprint density at radius 1 is 1.39 bits per heavy atom. The summed E-state index contributed by atoms with van der Waals surface area (Å²) in [7, 11) is 0. The number of rotatable bonds is 2. The fraction of sp³-hybridized carbons (Fsp3) is 0.529. The highest BCUT2D eigenvalue weighted by atomic mass is 35.5. The molecule has 23 heavy (non-hydrogen) atoms. The van der Waals surface area contributed by atoms with Gasteiger partial charge in [0.05, 0.1) is 0 Å². The van der Waals surface area contributed by atoms with Crippen LogP contribution in [0.5, 0.6) is 0 Å². The molecule has 0 aliphatic carbocycles. The second-order valence-corrected chi connectivity index (χ2v) is 7.27. The normalized spacial score (nSPS) is 18.3. The number of benzene rings is 1. The number of nitrogens with zero attached hydrogens (tertiary/aromatic N) is 1. The largest absolute Gasteiger partial charge is 0.444 e. The first kappa shape index (κ1) is 17.6. The summed E-state index contributed by atoms with van der Waals surface area (Å²) in [6, 6.07) is 4.84. The zero-order valence-corrected chi connectivity index (χ0v) is 14.9. The van der Waals surface area contributed by atoms with E-state index in [-0.39, 0.29) is 11.9 Å². The number of anilines is 1. The summed E-state index contributed by atoms with van der Waals surface area (Å²) in [5.41, 5.74) is 1.18. The Morgan fingerprint density at radius 3 is 2.65 bits per heavy atom. The topological polar surface area (TPSA) is 58.6 Å². The summed E-state index contributed by atoms with van der Waals surface area (Å²) in [5.74, 6) is -0.177. The minimum absolute atomic E-state index is 0.000265. The first-order chi connectivity index (χ1) is 10.6. The molecule has 2 rings (SSSR count). The molecule has 6 heteroatoms. The van der Waals surface area contributed by atoms with Crippen LogP contribution >= 0.6 is 11.6 Å². The highest BCUT2D eigenvalue weighted by Gasteiger charge is 2.35. The molecule has 2 atom stereocenters. The summed E-state index contributed by atoms with van der Waals surface area (Å²) in [4.78, 5) is 26.3. The van der Waals surface area contributed by atoms with E-state index in [1.807, 2.05) is 25.1 Å². The fourth-order valence-corrected chi connectivity index (χ4v) is 2.94. The van der Waals surface area contributed by atoms with E-state index in [0.29, 0.717) is 11.4 Å². The molecule has 0 aromatic heterocycles. The zero-order valence-electron chi connectivity index (χ0n) is 14.1. The van der Waals surface area contributed by atoms with Gasteiger partial charge in [0.15, 0.2) is 0 Å². The lowest BCUT2D eigenvalue weighted by molar-refractivity contribution is -0.120. The number of alkyl carbamates (subject to hydrolysis) is 1. The van der Waals surface area contributed by atoms with Gasteiger partial charge >= 0.3 is 6.09 Å². The smallest absolute Gasteiger partial charge is 0.408 e. The molecule has 0 fully saturated rings. The Hall–Kier alpha value is -1.75. The number of fused-ring (bicyclic) bond motifs is 1. The summed E-state index contributed by atoms with van der Waals surface area (Å²) >= 11 is 6.21. The third-order valence-electron chi connectivity index (χ3n) is 3.64. The van der Waals surface area contributed by atoms with Crippen LogP contribution in [-0.4, -0.2) is 29.7 Å². The van der Waals surface area contributed by atoms with E-state index in [4.69, 9.17) is 16.3 Å². The van der Waals surface area contributed by atoms with Gasteiger partial charge in [-0.25, -0.2) is 4.79 Å². The van der Waals surface area contributed by atoms with Gasteiger partial charge in [-0.05, 0) is 58.7 Å². The fourth-order valence-electron chi connectivity index (χ4n) is 2.69. The quantitative estimate of drug-likeness (QED) is 0.897. The molecule has 5 nitrogen and oxygen atoms in total. The van der Waals surface area contributed by atoms with E-state index < -0.39 is 17.7 Å². The van der Waals surface area contributed by atoms with Crippen molar-refractivity contribution in [3.05, 3.63) is 28.8 Å². The van der Waals surface area contributed by atoms with Gasteiger partial charge in [-0.3, -0.25) is 4.79 Å². The van der Waals surface area contributed by atoms with Crippen molar-refractivity contribution in [1.29, 1.82) is 0 Å². The Morgan fingerprint density at radius 2 is 2.04 bits per heavy atom. The molecular weight excluding hydrogens is 316 g/mol. The second kappa shape index (κ2) is 6.40. The molecule has 1 unspecified atom stereocenters. The molecule has 1 aliphatic rings. The zero-order chi connectivity index (χ0) is 17.4. The van der Waals surface area contributed by atoms with Crippen molar-refractivity contribution >= 4 is 29.3 Å². The first-order valence-corrected chi connectivity index (χ1v) is 8.08. The SMILES string of the molecule is CC1Cc2c(Cl)cccc2N1C(=O)[C@@H](C)NC(=O)OC(C)(C)C. The molecule has 0 radical (unpaired) electrons. The van der Waals surface area contributed by atoms with E-state index in [9.17, 15) is 9.59 Å². The van der Waals surface area contributed by atoms with Crippen LogP contribution < -0.4 is 10.2 Å². The van der Waals surface area contributed by atoms with E-state index in [0.717, 1.165) is 11.3 Å². The molecule has 1 aliphatic heterocycles. The number of amides is 2. The van der Waals surface area contributed by atoms with Crippen molar-refractivity contribution in [2.45, 2.75) is 58.7 Å². The van der Waals surface area contributed by atoms with Crippen LogP contribution in [0.1, 0.15) is 40.2 Å². The lowest BCUT2D eigenvalue weighted by Crippen LogP contribution is -2.50. The number of ether oxygens (including phenoxy) is 1. The van der Waals surface area contributed by atoms with Crippen LogP contribution in [-0.2, 0) is 16.0 Å². The minimum Gasteiger partial charge on any atom is -0.444 e. The summed E-state index contributed by atoms with van der Waals surface area (Å²) in [6.45, 7) is 8.95. The van der Waals surface area contributed by atoms with Crippen molar-refractivity contribution in [3.63, 3.8) is 0 Å². The lowest BCUT2D eigenvalue weighted by atomic mass is 10.1. The van der Waals surface area contributed by atoms with Gasteiger partial charge in [-0.1, -0.05) is 17.7 Å². The standard InChI is InChI=1S/C17H23ClN2O3/c1-10-9-12-13(18)7-6-8-14(12)20(10)15(21)11(2)19-16(22)23-17(3,4)5/h6-8,10-11H,9H2,1-5H3,(H,19,22)/t10?,11-/m1/s1. The van der Waals surface area contributed by atoms with Gasteiger partial charge in [-0.2, -0.15) is 0 Å². The predicted octanol–water partition coefficient (Wildman–Crippen LogP) is 3.53. The molecule has 1 N–H and O–H groups in total. The number of hydrogen-bond acceptors (Lipinski definition) is 3. The molecule has 126 valence electrons. The Balaban J connectivity index is 2.12. The minimum atomic E-state index is -0.683. The average Bonchev–Trinajstić information content (AvgIpc) is 2.73. The maximum absolute atomic E-state index is 12.7. The molecule has 2 amide bonds. The van der Waals surface area contributed by atoms with Gasteiger partial charge in [0.1, 0.15) is 11.6 Å². The second-order valence-electron chi connectivity index (χ2n) is 6.87. The number of hydrogen-bond donors (Lipinski definition) is 1. The number of carbonyl (C=O) groups is 2. The van der Waals surface area contributed by atoms with E-state index in [1.165, 1.54) is 0 Å². The Labute approximate surface area is 141 Å². The van der Waals surface area contributed by atoms with E-state index in [1.54, 1.807) is 32.6 Å². The number of halogens is 1. The van der Waals surface area contributed by atoms with Crippen LogP contribution in [0, 0.1) is 0 Å². The van der Waals surface area contributed by atoms with Crippen molar-refractivity contribution < 1.29 is 14.3 Å². The first-order valence-electron chi connectivity index (χ1n) is 7.70. The molecule has 0 spiro atoms. The lowest BCUT2D eigenvalue weighted by Gasteiger charge is -2.27. The third-order valence-corrected chi connectivity index (χ3v) is 3.99. The Kier molecular flexibility index (Phi) is 4.90. The molecule has 0 saturated carbocycles. The number of carbonyl (C=O) groups excluding carboxylic acids is 2. The molecular formula is C17H23ClN2O3. The average molecular weight is 339 g/mol. The van der Waals surface area contributed by atoms with E-state index >= 15 is 0 Å². The molecule has 1 heterocycles. The van der Waals surface area contributed by atoms with Crippen LogP contribution in [0.4, 0.5) is 10.5 Å². The highest BCUT2D eigenvalue weighted by molar-refractivity contribution is 6.32. The van der Waals surface area contributed by atoms with Gasteiger partial charge in [0.25, 0.3) is 0 Å². The summed E-state index contributed by atoms with van der Waals surface area (Å²) in [5, 5.41) is 3.26. The van der Waals surface area contributed by atoms with Gasteiger partial charge in [-0.15, -0.1) is 0 Å². The van der Waals surface area contributed by atoms with Crippen molar-refractivity contribution in [3.8, 4) is 0 Å². The third kappa shape index (κ3) is 3.96. The summed E-state index contributed by atoms with van der Waals surface area (Å²) < 4.78 is 5.19. The molecule has 0 bridgehead atoms. The van der Waals surface area contributed by atoms with Crippen LogP contribution in [0.25, 0.3) is 0 Å². The molecule has 0 saturated heterocycles. The van der Waals surface area contributed by atoms with E-state index in [2.05, 4.69) is 5.32 Å². The monoisotopic (exact) mass is 338 g/mol. The van der Waals surface area contributed by atoms with Gasteiger partial charge in [0.2, 0.25) is 5.91 Å². The maximum atomic E-state index is 12.7. The van der Waals surface area contributed by atoms with Gasteiger partial charge < -0.3 is 15.0 Å². The molecule has 1 aromatic rings. The Bertz CT molecular complexity index is 625.